The molecule has 0 amide bonds. The van der Waals surface area contributed by atoms with Crippen LogP contribution in [0.4, 0.5) is 0 Å². The van der Waals surface area contributed by atoms with E-state index >= 15 is 0 Å². The second kappa shape index (κ2) is 13.2. The first kappa shape index (κ1) is 27.6. The fourth-order valence-corrected chi connectivity index (χ4v) is 4.46. The molecule has 1 rings (SSSR count). The summed E-state index contributed by atoms with van der Waals surface area (Å²) in [5, 5.41) is 0.139. The van der Waals surface area contributed by atoms with Gasteiger partial charge >= 0.3 is 5.97 Å². The second-order valence-corrected chi connectivity index (χ2v) is 14.8. The summed E-state index contributed by atoms with van der Waals surface area (Å²) in [6.45, 7) is 19.3. The molecule has 0 saturated heterocycles. The van der Waals surface area contributed by atoms with Crippen molar-refractivity contribution in [3.05, 3.63) is 48.0 Å². The molecule has 0 bridgehead atoms. The number of ether oxygens (including phenoxy) is 2. The molecule has 0 spiro atoms. The Balaban J connectivity index is 2.68. The first-order valence-corrected chi connectivity index (χ1v) is 14.5. The van der Waals surface area contributed by atoms with Crippen molar-refractivity contribution in [3.63, 3.8) is 0 Å². The van der Waals surface area contributed by atoms with Gasteiger partial charge in [-0.25, -0.2) is 4.79 Å². The number of carbonyl (C=O) groups excluding carboxylic acids is 1. The Labute approximate surface area is 191 Å². The van der Waals surface area contributed by atoms with Crippen LogP contribution in [0.5, 0.6) is 0 Å². The minimum Gasteiger partial charge on any atom is -0.463 e. The molecule has 0 N–H and O–H groups in total. The van der Waals surface area contributed by atoms with Crippen molar-refractivity contribution in [2.24, 2.45) is 11.8 Å². The molecule has 5 heteroatoms. The van der Waals surface area contributed by atoms with E-state index in [0.717, 1.165) is 19.4 Å². The summed E-state index contributed by atoms with van der Waals surface area (Å²) in [4.78, 5) is 11.8. The molecule has 176 valence electrons. The molecule has 0 heterocycles. The summed E-state index contributed by atoms with van der Waals surface area (Å²) in [6, 6.07) is 10.3. The van der Waals surface area contributed by atoms with Gasteiger partial charge in [-0.2, -0.15) is 0 Å². The quantitative estimate of drug-likeness (QED) is 0.190. The minimum absolute atomic E-state index is 0.0724. The highest BCUT2D eigenvalue weighted by Gasteiger charge is 2.39. The first-order chi connectivity index (χ1) is 14.5. The standard InChI is InChI=1S/C26H44O4Si/c1-9-29-25(27)18-16-22(3)24(30-31(7,8)26(4,5)6)17-15-21(2)19-28-20-23-13-11-10-12-14-23/h10-14,16,18,21-22,24H,9,15,17,19-20H2,1-8H3/b18-16+/t21-,22+,24+/m0/s1. The third-order valence-corrected chi connectivity index (χ3v) is 10.6. The highest BCUT2D eigenvalue weighted by molar-refractivity contribution is 6.74. The zero-order chi connectivity index (χ0) is 23.5. The van der Waals surface area contributed by atoms with E-state index in [4.69, 9.17) is 13.9 Å². The van der Waals surface area contributed by atoms with E-state index in [9.17, 15) is 4.79 Å². The van der Waals surface area contributed by atoms with Crippen molar-refractivity contribution in [2.45, 2.75) is 85.2 Å². The fourth-order valence-electron chi connectivity index (χ4n) is 3.01. The van der Waals surface area contributed by atoms with E-state index in [1.165, 1.54) is 5.56 Å². The van der Waals surface area contributed by atoms with E-state index in [2.05, 4.69) is 59.8 Å². The summed E-state index contributed by atoms with van der Waals surface area (Å²) in [5.74, 6) is 0.287. The molecule has 0 radical (unpaired) electrons. The Morgan fingerprint density at radius 1 is 1.10 bits per heavy atom. The van der Waals surface area contributed by atoms with Gasteiger partial charge in [0.2, 0.25) is 0 Å². The average Bonchev–Trinajstić information content (AvgIpc) is 2.69. The lowest BCUT2D eigenvalue weighted by atomic mass is 9.96. The maximum absolute atomic E-state index is 11.8. The van der Waals surface area contributed by atoms with E-state index < -0.39 is 8.32 Å². The van der Waals surface area contributed by atoms with Crippen LogP contribution in [-0.2, 0) is 25.3 Å². The molecule has 0 aromatic heterocycles. The van der Waals surface area contributed by atoms with Crippen LogP contribution in [0.25, 0.3) is 0 Å². The molecule has 0 saturated carbocycles. The number of rotatable bonds is 13. The van der Waals surface area contributed by atoms with Crippen LogP contribution in [0, 0.1) is 11.8 Å². The molecule has 31 heavy (non-hydrogen) atoms. The van der Waals surface area contributed by atoms with E-state index in [0.29, 0.717) is 19.1 Å². The molecule has 3 atom stereocenters. The number of hydrogen-bond acceptors (Lipinski definition) is 4. The van der Waals surface area contributed by atoms with E-state index in [1.54, 1.807) is 6.08 Å². The first-order valence-electron chi connectivity index (χ1n) is 11.6. The molecule has 0 aliphatic rings. The zero-order valence-corrected chi connectivity index (χ0v) is 21.9. The van der Waals surface area contributed by atoms with Crippen molar-refractivity contribution in [3.8, 4) is 0 Å². The van der Waals surface area contributed by atoms with Gasteiger partial charge in [-0.05, 0) is 55.3 Å². The SMILES string of the molecule is CCOC(=O)/C=C/[C@@H](C)[C@@H](CC[C@H](C)COCc1ccccc1)O[Si](C)(C)C(C)(C)C. The van der Waals surface area contributed by atoms with Crippen LogP contribution in [0.3, 0.4) is 0 Å². The predicted molar refractivity (Wildman–Crippen MR) is 132 cm³/mol. The molecular formula is C26H44O4Si. The average molecular weight is 449 g/mol. The largest absolute Gasteiger partial charge is 0.463 e. The summed E-state index contributed by atoms with van der Waals surface area (Å²) in [6.07, 6.45) is 5.51. The Morgan fingerprint density at radius 3 is 2.32 bits per heavy atom. The molecule has 0 unspecified atom stereocenters. The van der Waals surface area contributed by atoms with Gasteiger partial charge in [0.25, 0.3) is 0 Å². The topological polar surface area (TPSA) is 44.8 Å². The van der Waals surface area contributed by atoms with Crippen LogP contribution in [0.2, 0.25) is 18.1 Å². The molecule has 4 nitrogen and oxygen atoms in total. The van der Waals surface area contributed by atoms with Crippen LogP contribution < -0.4 is 0 Å². The summed E-state index contributed by atoms with van der Waals surface area (Å²) < 4.78 is 17.7. The van der Waals surface area contributed by atoms with Gasteiger partial charge in [-0.1, -0.05) is 71.0 Å². The maximum atomic E-state index is 11.8. The highest BCUT2D eigenvalue weighted by Crippen LogP contribution is 2.39. The maximum Gasteiger partial charge on any atom is 0.330 e. The fraction of sp³-hybridized carbons (Fsp3) is 0.654. The summed E-state index contributed by atoms with van der Waals surface area (Å²) in [5.41, 5.74) is 1.20. The Kier molecular flexibility index (Phi) is 11.7. The van der Waals surface area contributed by atoms with E-state index in [-0.39, 0.29) is 23.0 Å². The Morgan fingerprint density at radius 2 is 1.74 bits per heavy atom. The normalized spacial score (nSPS) is 15.6. The zero-order valence-electron chi connectivity index (χ0n) is 20.9. The van der Waals surface area contributed by atoms with Gasteiger partial charge < -0.3 is 13.9 Å². The van der Waals surface area contributed by atoms with Crippen molar-refractivity contribution in [1.82, 2.24) is 0 Å². The van der Waals surface area contributed by atoms with Gasteiger partial charge in [-0.15, -0.1) is 0 Å². The molecule has 1 aromatic rings. The lowest BCUT2D eigenvalue weighted by Gasteiger charge is -2.41. The highest BCUT2D eigenvalue weighted by atomic mass is 28.4. The van der Waals surface area contributed by atoms with Crippen molar-refractivity contribution < 1.29 is 18.7 Å². The predicted octanol–water partition coefficient (Wildman–Crippen LogP) is 6.77. The van der Waals surface area contributed by atoms with Gasteiger partial charge in [0.1, 0.15) is 0 Å². The van der Waals surface area contributed by atoms with E-state index in [1.807, 2.05) is 31.2 Å². The van der Waals surface area contributed by atoms with Gasteiger partial charge in [0.15, 0.2) is 8.32 Å². The number of esters is 1. The second-order valence-electron chi connectivity index (χ2n) is 10.1. The molecule has 0 fully saturated rings. The monoisotopic (exact) mass is 448 g/mol. The smallest absolute Gasteiger partial charge is 0.330 e. The number of benzene rings is 1. The van der Waals surface area contributed by atoms with Gasteiger partial charge in [-0.3, -0.25) is 0 Å². The van der Waals surface area contributed by atoms with Crippen LogP contribution in [0.1, 0.15) is 59.9 Å². The van der Waals surface area contributed by atoms with Crippen molar-refractivity contribution in [1.29, 1.82) is 0 Å². The lowest BCUT2D eigenvalue weighted by molar-refractivity contribution is -0.137. The Bertz CT molecular complexity index is 664. The summed E-state index contributed by atoms with van der Waals surface area (Å²) in [7, 11) is -1.92. The lowest BCUT2D eigenvalue weighted by Crippen LogP contribution is -2.45. The van der Waals surface area contributed by atoms with Crippen LogP contribution in [-0.4, -0.2) is 33.6 Å². The summed E-state index contributed by atoms with van der Waals surface area (Å²) >= 11 is 0. The van der Waals surface area contributed by atoms with Gasteiger partial charge in [0, 0.05) is 12.7 Å². The van der Waals surface area contributed by atoms with Crippen molar-refractivity contribution >= 4 is 14.3 Å². The Hall–Kier alpha value is -1.43. The third-order valence-electron chi connectivity index (χ3n) is 6.12. The molecular weight excluding hydrogens is 404 g/mol. The number of hydrogen-bond donors (Lipinski definition) is 0. The van der Waals surface area contributed by atoms with Gasteiger partial charge in [0.05, 0.1) is 19.3 Å². The molecule has 1 aromatic carbocycles. The van der Waals surface area contributed by atoms with Crippen LogP contribution in [0.15, 0.2) is 42.5 Å². The third kappa shape index (κ3) is 10.6. The minimum atomic E-state index is -1.92. The number of carbonyl (C=O) groups is 1. The van der Waals surface area contributed by atoms with Crippen LogP contribution >= 0.6 is 0 Å². The molecule has 0 aliphatic heterocycles. The molecule has 0 aliphatic carbocycles. The van der Waals surface area contributed by atoms with Crippen molar-refractivity contribution in [2.75, 3.05) is 13.2 Å².